The molecule has 0 fully saturated rings. The van der Waals surface area contributed by atoms with Gasteiger partial charge in [0.2, 0.25) is 0 Å². The Bertz CT molecular complexity index is 360. The zero-order valence-corrected chi connectivity index (χ0v) is 8.67. The van der Waals surface area contributed by atoms with Crippen LogP contribution in [-0.2, 0) is 0 Å². The van der Waals surface area contributed by atoms with Gasteiger partial charge in [-0.1, -0.05) is 18.2 Å². The van der Waals surface area contributed by atoms with E-state index < -0.39 is 0 Å². The maximum Gasteiger partial charge on any atom is 0.127 e. The molecule has 0 unspecified atom stereocenters. The first-order valence-corrected chi connectivity index (χ1v) is 4.44. The summed E-state index contributed by atoms with van der Waals surface area (Å²) in [6.45, 7) is 0. The lowest BCUT2D eigenvalue weighted by molar-refractivity contribution is 1.53. The van der Waals surface area contributed by atoms with E-state index in [0.29, 0.717) is 0 Å². The zero-order chi connectivity index (χ0) is 6.97. The lowest BCUT2D eigenvalue weighted by Crippen LogP contribution is -1.61. The molecule has 4 heteroatoms. The van der Waals surface area contributed by atoms with Crippen molar-refractivity contribution in [3.8, 4) is 0 Å². The number of aromatic nitrogens is 1. The van der Waals surface area contributed by atoms with Gasteiger partial charge in [-0.3, -0.25) is 0 Å². The monoisotopic (exact) mass is 249 g/mol. The second kappa shape index (κ2) is 3.52. The first-order valence-electron chi connectivity index (χ1n) is 2.88. The fourth-order valence-corrected chi connectivity index (χ4v) is 2.23. The molecule has 0 saturated heterocycles. The van der Waals surface area contributed by atoms with E-state index in [0.717, 1.165) is 4.60 Å². The Morgan fingerprint density at radius 3 is 2.73 bits per heavy atom. The average Bonchev–Trinajstić information content (AvgIpc) is 2.34. The van der Waals surface area contributed by atoms with Crippen molar-refractivity contribution in [3.05, 3.63) is 28.9 Å². The van der Waals surface area contributed by atoms with E-state index in [1.807, 2.05) is 12.1 Å². The van der Waals surface area contributed by atoms with Crippen LogP contribution in [0.2, 0.25) is 0 Å². The number of benzene rings is 1. The molecule has 0 aliphatic rings. The summed E-state index contributed by atoms with van der Waals surface area (Å²) in [7, 11) is 0. The van der Waals surface area contributed by atoms with Gasteiger partial charge in [0.1, 0.15) is 4.60 Å². The van der Waals surface area contributed by atoms with Crippen molar-refractivity contribution in [1.82, 2.24) is 4.37 Å². The van der Waals surface area contributed by atoms with Gasteiger partial charge in [0.15, 0.2) is 0 Å². The van der Waals surface area contributed by atoms with Crippen LogP contribution in [0.3, 0.4) is 0 Å². The molecule has 0 spiro atoms. The summed E-state index contributed by atoms with van der Waals surface area (Å²) in [4.78, 5) is 0. The van der Waals surface area contributed by atoms with E-state index in [-0.39, 0.29) is 12.4 Å². The minimum absolute atomic E-state index is 0. The molecule has 11 heavy (non-hydrogen) atoms. The highest BCUT2D eigenvalue weighted by molar-refractivity contribution is 9.10. The third-order valence-electron chi connectivity index (χ3n) is 1.33. The highest BCUT2D eigenvalue weighted by Crippen LogP contribution is 2.25. The Labute approximate surface area is 83.1 Å². The quantitative estimate of drug-likeness (QED) is 0.697. The summed E-state index contributed by atoms with van der Waals surface area (Å²) in [6, 6.07) is 8.16. The maximum absolute atomic E-state index is 4.15. The van der Waals surface area contributed by atoms with Crippen molar-refractivity contribution in [2.75, 3.05) is 0 Å². The average molecular weight is 251 g/mol. The van der Waals surface area contributed by atoms with Crippen molar-refractivity contribution in [3.63, 3.8) is 0 Å². The van der Waals surface area contributed by atoms with Crippen LogP contribution in [0.15, 0.2) is 28.9 Å². The minimum atomic E-state index is 0. The molecule has 0 bridgehead atoms. The molecule has 0 N–H and O–H groups in total. The predicted octanol–water partition coefficient (Wildman–Crippen LogP) is 3.48. The standard InChI is InChI=1S/C7H4BrNS.ClH/c8-7-5-3-1-2-4-6(5)10-9-7;/h1-4H;1H. The Morgan fingerprint density at radius 2 is 2.00 bits per heavy atom. The molecule has 2 rings (SSSR count). The van der Waals surface area contributed by atoms with E-state index in [9.17, 15) is 0 Å². The summed E-state index contributed by atoms with van der Waals surface area (Å²) in [5, 5.41) is 1.20. The third-order valence-corrected chi connectivity index (χ3v) is 3.00. The van der Waals surface area contributed by atoms with Crippen molar-refractivity contribution in [1.29, 1.82) is 0 Å². The van der Waals surface area contributed by atoms with Gasteiger partial charge >= 0.3 is 0 Å². The van der Waals surface area contributed by atoms with E-state index in [1.165, 1.54) is 21.6 Å². The SMILES string of the molecule is Brc1nsc2ccccc12.Cl. The van der Waals surface area contributed by atoms with Gasteiger partial charge in [-0.2, -0.15) is 4.37 Å². The van der Waals surface area contributed by atoms with E-state index in [4.69, 9.17) is 0 Å². The molecule has 0 saturated carbocycles. The fourth-order valence-electron chi connectivity index (χ4n) is 0.855. The molecule has 0 radical (unpaired) electrons. The predicted molar refractivity (Wildman–Crippen MR) is 54.6 cm³/mol. The van der Waals surface area contributed by atoms with Crippen molar-refractivity contribution < 1.29 is 0 Å². The second-order valence-electron chi connectivity index (χ2n) is 1.97. The summed E-state index contributed by atoms with van der Waals surface area (Å²) >= 11 is 4.88. The van der Waals surface area contributed by atoms with Crippen molar-refractivity contribution >= 4 is 50.0 Å². The Balaban J connectivity index is 0.000000605. The zero-order valence-electron chi connectivity index (χ0n) is 5.45. The Hall–Kier alpha value is -0.120. The van der Waals surface area contributed by atoms with Crippen molar-refractivity contribution in [2.24, 2.45) is 0 Å². The molecule has 0 aliphatic heterocycles. The summed E-state index contributed by atoms with van der Waals surface area (Å²) < 4.78 is 6.34. The number of rotatable bonds is 0. The molecule has 1 aromatic carbocycles. The first kappa shape index (κ1) is 8.97. The van der Waals surface area contributed by atoms with Gasteiger partial charge in [0, 0.05) is 5.39 Å². The van der Waals surface area contributed by atoms with E-state index >= 15 is 0 Å². The van der Waals surface area contributed by atoms with Crippen LogP contribution in [-0.4, -0.2) is 4.37 Å². The van der Waals surface area contributed by atoms with Crippen LogP contribution in [0.25, 0.3) is 10.1 Å². The number of hydrogen-bond donors (Lipinski definition) is 0. The number of hydrogen-bond acceptors (Lipinski definition) is 2. The van der Waals surface area contributed by atoms with Crippen LogP contribution < -0.4 is 0 Å². The van der Waals surface area contributed by atoms with Gasteiger partial charge < -0.3 is 0 Å². The fraction of sp³-hybridized carbons (Fsp3) is 0. The first-order chi connectivity index (χ1) is 4.88. The summed E-state index contributed by atoms with van der Waals surface area (Å²) in [6.07, 6.45) is 0. The molecular formula is C7H5BrClNS. The smallest absolute Gasteiger partial charge is 0.127 e. The third kappa shape index (κ3) is 1.55. The number of nitrogens with zero attached hydrogens (tertiary/aromatic N) is 1. The summed E-state index contributed by atoms with van der Waals surface area (Å²) in [5.41, 5.74) is 0. The van der Waals surface area contributed by atoms with Gasteiger partial charge in [0.25, 0.3) is 0 Å². The molecule has 0 atom stereocenters. The molecule has 0 amide bonds. The van der Waals surface area contributed by atoms with E-state index in [2.05, 4.69) is 32.4 Å². The normalized spacial score (nSPS) is 9.55. The molecular weight excluding hydrogens is 246 g/mol. The number of halogens is 2. The van der Waals surface area contributed by atoms with Crippen LogP contribution in [0.4, 0.5) is 0 Å². The number of fused-ring (bicyclic) bond motifs is 1. The lowest BCUT2D eigenvalue weighted by atomic mass is 10.3. The molecule has 0 aliphatic carbocycles. The second-order valence-corrected chi connectivity index (χ2v) is 3.53. The van der Waals surface area contributed by atoms with Gasteiger partial charge in [-0.15, -0.1) is 12.4 Å². The van der Waals surface area contributed by atoms with Crippen LogP contribution in [0, 0.1) is 0 Å². The van der Waals surface area contributed by atoms with Crippen LogP contribution in [0.5, 0.6) is 0 Å². The van der Waals surface area contributed by atoms with Gasteiger partial charge in [-0.25, -0.2) is 0 Å². The van der Waals surface area contributed by atoms with Gasteiger partial charge in [0.05, 0.1) is 4.70 Å². The maximum atomic E-state index is 4.15. The van der Waals surface area contributed by atoms with Gasteiger partial charge in [-0.05, 0) is 33.5 Å². The van der Waals surface area contributed by atoms with E-state index in [1.54, 1.807) is 0 Å². The lowest BCUT2D eigenvalue weighted by Gasteiger charge is -1.83. The minimum Gasteiger partial charge on any atom is -0.184 e. The molecule has 1 heterocycles. The highest BCUT2D eigenvalue weighted by Gasteiger charge is 1.98. The summed E-state index contributed by atoms with van der Waals surface area (Å²) in [5.74, 6) is 0. The molecule has 58 valence electrons. The Morgan fingerprint density at radius 1 is 1.27 bits per heavy atom. The Kier molecular flexibility index (Phi) is 2.87. The topological polar surface area (TPSA) is 12.9 Å². The van der Waals surface area contributed by atoms with Crippen LogP contribution >= 0.6 is 39.9 Å². The molecule has 2 aromatic rings. The van der Waals surface area contributed by atoms with Crippen LogP contribution in [0.1, 0.15) is 0 Å². The van der Waals surface area contributed by atoms with Crippen molar-refractivity contribution in [2.45, 2.75) is 0 Å². The highest BCUT2D eigenvalue weighted by atomic mass is 79.9. The largest absolute Gasteiger partial charge is 0.184 e. The molecule has 1 nitrogen and oxygen atoms in total. The molecule has 1 aromatic heterocycles.